The molecule has 0 aliphatic heterocycles. The molecule has 0 aromatic carbocycles. The summed E-state index contributed by atoms with van der Waals surface area (Å²) in [4.78, 5) is 24.0. The third-order valence-corrected chi connectivity index (χ3v) is 4.52. The molecule has 0 unspecified atom stereocenters. The van der Waals surface area contributed by atoms with Gasteiger partial charge in [0.05, 0.1) is 5.69 Å². The fraction of sp³-hybridized carbons (Fsp3) is 0.688. The number of nitrogens with zero attached hydrogens (tertiary/aromatic N) is 1. The number of esters is 1. The summed E-state index contributed by atoms with van der Waals surface area (Å²) in [6.07, 6.45) is 2.42. The molecule has 6 nitrogen and oxygen atoms in total. The third kappa shape index (κ3) is 3.87. The molecule has 1 aromatic heterocycles. The number of aromatic nitrogens is 1. The van der Waals surface area contributed by atoms with Crippen LogP contribution < -0.4 is 5.32 Å². The second kappa shape index (κ2) is 6.94. The zero-order valence-electron chi connectivity index (χ0n) is 13.6. The van der Waals surface area contributed by atoms with E-state index in [2.05, 4.69) is 24.3 Å². The Hall–Kier alpha value is -1.85. The van der Waals surface area contributed by atoms with Gasteiger partial charge in [0, 0.05) is 12.1 Å². The summed E-state index contributed by atoms with van der Waals surface area (Å²) < 4.78 is 9.96. The molecule has 1 heterocycles. The highest BCUT2D eigenvalue weighted by Crippen LogP contribution is 2.29. The van der Waals surface area contributed by atoms with Gasteiger partial charge in [-0.25, -0.2) is 4.79 Å². The van der Waals surface area contributed by atoms with Crippen molar-refractivity contribution in [2.45, 2.75) is 59.1 Å². The van der Waals surface area contributed by atoms with Crippen LogP contribution in [0.1, 0.15) is 56.3 Å². The molecule has 1 aliphatic rings. The lowest BCUT2D eigenvalue weighted by Crippen LogP contribution is -2.47. The van der Waals surface area contributed by atoms with E-state index < -0.39 is 12.1 Å². The number of aryl methyl sites for hydroxylation is 1. The highest BCUT2D eigenvalue weighted by Gasteiger charge is 2.30. The Morgan fingerprint density at radius 3 is 2.77 bits per heavy atom. The molecule has 0 radical (unpaired) electrons. The largest absolute Gasteiger partial charge is 0.447 e. The molecule has 2 rings (SSSR count). The zero-order valence-corrected chi connectivity index (χ0v) is 13.6. The van der Waals surface area contributed by atoms with Crippen LogP contribution in [0.3, 0.4) is 0 Å². The molecule has 1 N–H and O–H groups in total. The van der Waals surface area contributed by atoms with Gasteiger partial charge in [-0.05, 0) is 32.1 Å². The second-order valence-corrected chi connectivity index (χ2v) is 6.26. The van der Waals surface area contributed by atoms with Gasteiger partial charge in [-0.2, -0.15) is 0 Å². The van der Waals surface area contributed by atoms with Crippen LogP contribution in [0.5, 0.6) is 0 Å². The standard InChI is InChI=1S/C16H24N2O4/c1-9-6-5-7-13(11(9)3)17-15(19)12(4)21-16(20)14-8-10(2)18-22-14/h8-9,11-13H,5-7H2,1-4H3,(H,17,19)/t9-,11-,12+,13-/m0/s1. The molecule has 1 aromatic rings. The van der Waals surface area contributed by atoms with Crippen molar-refractivity contribution in [3.63, 3.8) is 0 Å². The van der Waals surface area contributed by atoms with Crippen molar-refractivity contribution in [2.24, 2.45) is 11.8 Å². The predicted octanol–water partition coefficient (Wildman–Crippen LogP) is 2.47. The summed E-state index contributed by atoms with van der Waals surface area (Å²) >= 11 is 0. The van der Waals surface area contributed by atoms with Crippen LogP contribution in [0.4, 0.5) is 0 Å². The molecular formula is C16H24N2O4. The number of amides is 1. The van der Waals surface area contributed by atoms with E-state index in [1.54, 1.807) is 13.8 Å². The van der Waals surface area contributed by atoms with Gasteiger partial charge in [0.15, 0.2) is 6.10 Å². The topological polar surface area (TPSA) is 81.4 Å². The summed E-state index contributed by atoms with van der Waals surface area (Å²) in [6, 6.07) is 1.63. The van der Waals surface area contributed by atoms with Crippen LogP contribution in [0.2, 0.25) is 0 Å². The second-order valence-electron chi connectivity index (χ2n) is 6.26. The van der Waals surface area contributed by atoms with Gasteiger partial charge in [0.25, 0.3) is 5.91 Å². The quantitative estimate of drug-likeness (QED) is 0.864. The molecule has 4 atom stereocenters. The van der Waals surface area contributed by atoms with Crippen molar-refractivity contribution < 1.29 is 18.8 Å². The van der Waals surface area contributed by atoms with Crippen molar-refractivity contribution >= 4 is 11.9 Å². The minimum Gasteiger partial charge on any atom is -0.447 e. The number of hydrogen-bond donors (Lipinski definition) is 1. The lowest BCUT2D eigenvalue weighted by Gasteiger charge is -2.35. The molecular weight excluding hydrogens is 284 g/mol. The Balaban J connectivity index is 1.88. The summed E-state index contributed by atoms with van der Waals surface area (Å²) in [5, 5.41) is 6.62. The summed E-state index contributed by atoms with van der Waals surface area (Å²) in [5.41, 5.74) is 0.592. The summed E-state index contributed by atoms with van der Waals surface area (Å²) in [5.74, 6) is 0.0901. The van der Waals surface area contributed by atoms with Crippen LogP contribution in [-0.2, 0) is 9.53 Å². The van der Waals surface area contributed by atoms with Gasteiger partial charge in [-0.3, -0.25) is 4.79 Å². The van der Waals surface area contributed by atoms with E-state index in [0.717, 1.165) is 12.8 Å². The SMILES string of the molecule is Cc1cc(C(=O)O[C@H](C)C(=O)N[C@H]2CCC[C@H](C)[C@@H]2C)on1. The van der Waals surface area contributed by atoms with Crippen molar-refractivity contribution in [1.82, 2.24) is 10.5 Å². The van der Waals surface area contributed by atoms with Gasteiger partial charge >= 0.3 is 5.97 Å². The molecule has 1 saturated carbocycles. The first kappa shape index (κ1) is 16.5. The van der Waals surface area contributed by atoms with Gasteiger partial charge in [0.1, 0.15) is 0 Å². The lowest BCUT2D eigenvalue weighted by atomic mass is 9.78. The number of ether oxygens (including phenoxy) is 1. The maximum Gasteiger partial charge on any atom is 0.377 e. The molecule has 0 spiro atoms. The average molecular weight is 308 g/mol. The molecule has 22 heavy (non-hydrogen) atoms. The van der Waals surface area contributed by atoms with E-state index in [0.29, 0.717) is 17.5 Å². The molecule has 122 valence electrons. The minimum absolute atomic E-state index is 0.0109. The van der Waals surface area contributed by atoms with E-state index in [4.69, 9.17) is 9.26 Å². The molecule has 0 saturated heterocycles. The monoisotopic (exact) mass is 308 g/mol. The van der Waals surface area contributed by atoms with Gasteiger partial charge in [-0.15, -0.1) is 0 Å². The van der Waals surface area contributed by atoms with Crippen LogP contribution in [0, 0.1) is 18.8 Å². The van der Waals surface area contributed by atoms with Crippen molar-refractivity contribution in [3.05, 3.63) is 17.5 Å². The number of nitrogens with one attached hydrogen (secondary N) is 1. The van der Waals surface area contributed by atoms with E-state index in [9.17, 15) is 9.59 Å². The van der Waals surface area contributed by atoms with Crippen LogP contribution in [0.25, 0.3) is 0 Å². The van der Waals surface area contributed by atoms with Gasteiger partial charge in [-0.1, -0.05) is 31.8 Å². The predicted molar refractivity (Wildman–Crippen MR) is 80.2 cm³/mol. The number of hydrogen-bond acceptors (Lipinski definition) is 5. The van der Waals surface area contributed by atoms with Crippen LogP contribution >= 0.6 is 0 Å². The fourth-order valence-corrected chi connectivity index (χ4v) is 2.82. The van der Waals surface area contributed by atoms with E-state index in [1.165, 1.54) is 12.5 Å². The number of rotatable bonds is 4. The molecule has 1 amide bonds. The normalized spacial score (nSPS) is 26.3. The Labute approximate surface area is 130 Å². The highest BCUT2D eigenvalue weighted by atomic mass is 16.6. The number of carbonyl (C=O) groups is 2. The smallest absolute Gasteiger partial charge is 0.377 e. The Kier molecular flexibility index (Phi) is 5.21. The Morgan fingerprint density at radius 1 is 1.41 bits per heavy atom. The number of carbonyl (C=O) groups excluding carboxylic acids is 2. The van der Waals surface area contributed by atoms with Gasteiger partial charge < -0.3 is 14.6 Å². The first-order valence-electron chi connectivity index (χ1n) is 7.83. The maximum absolute atomic E-state index is 12.2. The Bertz CT molecular complexity index is 540. The van der Waals surface area contributed by atoms with E-state index in [1.807, 2.05) is 0 Å². The van der Waals surface area contributed by atoms with Crippen LogP contribution in [0.15, 0.2) is 10.6 Å². The minimum atomic E-state index is -0.859. The Morgan fingerprint density at radius 2 is 2.14 bits per heavy atom. The van der Waals surface area contributed by atoms with E-state index >= 15 is 0 Å². The fourth-order valence-electron chi connectivity index (χ4n) is 2.82. The van der Waals surface area contributed by atoms with Crippen molar-refractivity contribution in [2.75, 3.05) is 0 Å². The van der Waals surface area contributed by atoms with Crippen molar-refractivity contribution in [1.29, 1.82) is 0 Å². The first-order valence-corrected chi connectivity index (χ1v) is 7.83. The highest BCUT2D eigenvalue weighted by molar-refractivity contribution is 5.90. The molecule has 6 heteroatoms. The van der Waals surface area contributed by atoms with Crippen molar-refractivity contribution in [3.8, 4) is 0 Å². The van der Waals surface area contributed by atoms with Crippen LogP contribution in [-0.4, -0.2) is 29.2 Å². The summed E-state index contributed by atoms with van der Waals surface area (Å²) in [6.45, 7) is 7.64. The first-order chi connectivity index (χ1) is 10.4. The third-order valence-electron chi connectivity index (χ3n) is 4.52. The molecule has 1 fully saturated rings. The molecule has 0 bridgehead atoms. The lowest BCUT2D eigenvalue weighted by molar-refractivity contribution is -0.130. The summed E-state index contributed by atoms with van der Waals surface area (Å²) in [7, 11) is 0. The molecule has 1 aliphatic carbocycles. The van der Waals surface area contributed by atoms with E-state index in [-0.39, 0.29) is 17.7 Å². The zero-order chi connectivity index (χ0) is 16.3. The average Bonchev–Trinajstić information content (AvgIpc) is 2.90. The van der Waals surface area contributed by atoms with Gasteiger partial charge in [0.2, 0.25) is 5.76 Å². The maximum atomic E-state index is 12.2.